The second kappa shape index (κ2) is 3.09. The summed E-state index contributed by atoms with van der Waals surface area (Å²) in [6, 6.07) is 5.93. The molecular formula is C13H14N2O2. The molecule has 1 heterocycles. The molecule has 1 aromatic carbocycles. The van der Waals surface area contributed by atoms with Gasteiger partial charge >= 0.3 is 5.97 Å². The van der Waals surface area contributed by atoms with E-state index in [0.717, 1.165) is 16.5 Å². The fraction of sp³-hybridized carbons (Fsp3) is 0.385. The minimum atomic E-state index is -0.712. The summed E-state index contributed by atoms with van der Waals surface area (Å²) < 4.78 is 0. The van der Waals surface area contributed by atoms with Crippen LogP contribution in [-0.2, 0) is 4.79 Å². The predicted molar refractivity (Wildman–Crippen MR) is 63.7 cm³/mol. The predicted octanol–water partition coefficient (Wildman–Crippen LogP) is 2.39. The van der Waals surface area contributed by atoms with Gasteiger partial charge in [0.1, 0.15) is 0 Å². The van der Waals surface area contributed by atoms with Crippen molar-refractivity contribution in [2.45, 2.75) is 19.8 Å². The van der Waals surface area contributed by atoms with E-state index in [1.165, 1.54) is 0 Å². The van der Waals surface area contributed by atoms with E-state index in [1.807, 2.05) is 32.0 Å². The fourth-order valence-electron chi connectivity index (χ4n) is 2.93. The van der Waals surface area contributed by atoms with E-state index in [9.17, 15) is 9.90 Å². The summed E-state index contributed by atoms with van der Waals surface area (Å²) in [7, 11) is 0. The van der Waals surface area contributed by atoms with Crippen LogP contribution in [0.5, 0.6) is 0 Å². The van der Waals surface area contributed by atoms with Gasteiger partial charge in [-0.2, -0.15) is 5.10 Å². The molecule has 3 rings (SSSR count). The Bertz CT molecular complexity index is 600. The van der Waals surface area contributed by atoms with Crippen LogP contribution in [0.4, 0.5) is 0 Å². The topological polar surface area (TPSA) is 66.0 Å². The maximum Gasteiger partial charge on any atom is 0.307 e. The van der Waals surface area contributed by atoms with E-state index in [0.29, 0.717) is 0 Å². The minimum absolute atomic E-state index is 0.0733. The first-order valence-electron chi connectivity index (χ1n) is 5.68. The lowest BCUT2D eigenvalue weighted by Crippen LogP contribution is -2.03. The van der Waals surface area contributed by atoms with Crippen molar-refractivity contribution in [3.8, 4) is 0 Å². The van der Waals surface area contributed by atoms with Gasteiger partial charge in [0.05, 0.1) is 17.6 Å². The highest BCUT2D eigenvalue weighted by Crippen LogP contribution is 2.65. The Morgan fingerprint density at radius 1 is 1.47 bits per heavy atom. The molecule has 1 fully saturated rings. The summed E-state index contributed by atoms with van der Waals surface area (Å²) in [6.45, 7) is 4.01. The number of rotatable bonds is 2. The molecule has 0 bridgehead atoms. The zero-order valence-electron chi connectivity index (χ0n) is 9.77. The Hall–Kier alpha value is -1.84. The molecule has 4 nitrogen and oxygen atoms in total. The van der Waals surface area contributed by atoms with E-state index >= 15 is 0 Å². The summed E-state index contributed by atoms with van der Waals surface area (Å²) in [5.74, 6) is -0.933. The number of aliphatic carboxylic acids is 1. The third-order valence-corrected chi connectivity index (χ3v) is 3.94. The molecule has 0 radical (unpaired) electrons. The van der Waals surface area contributed by atoms with Crippen molar-refractivity contribution in [3.05, 3.63) is 30.0 Å². The van der Waals surface area contributed by atoms with Crippen LogP contribution in [0.25, 0.3) is 10.9 Å². The summed E-state index contributed by atoms with van der Waals surface area (Å²) in [6.07, 6.45) is 1.77. The van der Waals surface area contributed by atoms with E-state index in [4.69, 9.17) is 0 Å². The van der Waals surface area contributed by atoms with Gasteiger partial charge in [0, 0.05) is 11.3 Å². The van der Waals surface area contributed by atoms with Crippen molar-refractivity contribution < 1.29 is 9.90 Å². The van der Waals surface area contributed by atoms with Gasteiger partial charge in [0.15, 0.2) is 0 Å². The number of carboxylic acid groups (broad SMARTS) is 1. The van der Waals surface area contributed by atoms with Gasteiger partial charge < -0.3 is 5.11 Å². The van der Waals surface area contributed by atoms with Crippen molar-refractivity contribution in [2.24, 2.45) is 11.3 Å². The zero-order valence-corrected chi connectivity index (χ0v) is 9.77. The van der Waals surface area contributed by atoms with Crippen molar-refractivity contribution in [2.75, 3.05) is 0 Å². The summed E-state index contributed by atoms with van der Waals surface area (Å²) in [4.78, 5) is 11.2. The van der Waals surface area contributed by atoms with E-state index in [1.54, 1.807) is 6.20 Å². The van der Waals surface area contributed by atoms with Crippen molar-refractivity contribution in [1.29, 1.82) is 0 Å². The third-order valence-electron chi connectivity index (χ3n) is 3.94. The largest absolute Gasteiger partial charge is 0.481 e. The number of carboxylic acids is 1. The van der Waals surface area contributed by atoms with E-state index < -0.39 is 5.97 Å². The number of nitrogens with zero attached hydrogens (tertiary/aromatic N) is 1. The van der Waals surface area contributed by atoms with Gasteiger partial charge in [-0.3, -0.25) is 9.89 Å². The summed E-state index contributed by atoms with van der Waals surface area (Å²) in [5.41, 5.74) is 1.86. The first-order chi connectivity index (χ1) is 8.03. The van der Waals surface area contributed by atoms with Crippen LogP contribution in [0.2, 0.25) is 0 Å². The molecule has 88 valence electrons. The highest BCUT2D eigenvalue weighted by atomic mass is 16.4. The number of aromatic amines is 1. The van der Waals surface area contributed by atoms with Crippen molar-refractivity contribution >= 4 is 16.9 Å². The van der Waals surface area contributed by atoms with Gasteiger partial charge in [0.25, 0.3) is 0 Å². The van der Waals surface area contributed by atoms with Crippen LogP contribution in [-0.4, -0.2) is 21.3 Å². The third kappa shape index (κ3) is 1.30. The SMILES string of the molecule is CC1(C)C(C(=O)O)C1c1cccc2cn[nH]c12. The molecule has 17 heavy (non-hydrogen) atoms. The fourth-order valence-corrected chi connectivity index (χ4v) is 2.93. The van der Waals surface area contributed by atoms with Crippen LogP contribution in [0.15, 0.2) is 24.4 Å². The Morgan fingerprint density at radius 2 is 2.24 bits per heavy atom. The van der Waals surface area contributed by atoms with Crippen LogP contribution in [0.3, 0.4) is 0 Å². The molecular weight excluding hydrogens is 216 g/mol. The molecule has 0 amide bonds. The lowest BCUT2D eigenvalue weighted by Gasteiger charge is -2.03. The van der Waals surface area contributed by atoms with Crippen LogP contribution >= 0.6 is 0 Å². The van der Waals surface area contributed by atoms with Gasteiger partial charge in [-0.1, -0.05) is 32.0 Å². The maximum absolute atomic E-state index is 11.2. The number of carbonyl (C=O) groups is 1. The second-order valence-corrected chi connectivity index (χ2v) is 5.30. The smallest absolute Gasteiger partial charge is 0.307 e. The molecule has 2 aromatic rings. The molecule has 1 saturated carbocycles. The van der Waals surface area contributed by atoms with Crippen LogP contribution < -0.4 is 0 Å². The number of fused-ring (bicyclic) bond motifs is 1. The van der Waals surface area contributed by atoms with E-state index in [2.05, 4.69) is 10.2 Å². The molecule has 2 atom stereocenters. The number of H-pyrrole nitrogens is 1. The Kier molecular flexibility index (Phi) is 1.88. The number of aromatic nitrogens is 2. The zero-order chi connectivity index (χ0) is 12.2. The van der Waals surface area contributed by atoms with Crippen molar-refractivity contribution in [3.63, 3.8) is 0 Å². The van der Waals surface area contributed by atoms with Gasteiger partial charge in [0.2, 0.25) is 0 Å². The molecule has 0 saturated heterocycles. The average Bonchev–Trinajstić information content (AvgIpc) is 2.65. The van der Waals surface area contributed by atoms with Gasteiger partial charge in [-0.15, -0.1) is 0 Å². The number of nitrogens with one attached hydrogen (secondary N) is 1. The quantitative estimate of drug-likeness (QED) is 0.832. The standard InChI is InChI=1S/C13H14N2O2/c1-13(2)9(10(13)12(16)17)8-5-3-4-7-6-14-15-11(7)8/h3-6,9-10H,1-2H3,(H,14,15)(H,16,17). The first kappa shape index (κ1) is 10.3. The maximum atomic E-state index is 11.2. The monoisotopic (exact) mass is 230 g/mol. The second-order valence-electron chi connectivity index (χ2n) is 5.30. The number of benzene rings is 1. The van der Waals surface area contributed by atoms with Crippen molar-refractivity contribution in [1.82, 2.24) is 10.2 Å². The Morgan fingerprint density at radius 3 is 2.88 bits per heavy atom. The van der Waals surface area contributed by atoms with Crippen LogP contribution in [0.1, 0.15) is 25.3 Å². The van der Waals surface area contributed by atoms with Gasteiger partial charge in [-0.25, -0.2) is 0 Å². The summed E-state index contributed by atoms with van der Waals surface area (Å²) in [5, 5.41) is 17.2. The van der Waals surface area contributed by atoms with Gasteiger partial charge in [-0.05, 0) is 11.0 Å². The molecule has 1 aliphatic carbocycles. The molecule has 1 aromatic heterocycles. The van der Waals surface area contributed by atoms with E-state index in [-0.39, 0.29) is 17.3 Å². The summed E-state index contributed by atoms with van der Waals surface area (Å²) >= 11 is 0. The lowest BCUT2D eigenvalue weighted by molar-refractivity contribution is -0.139. The highest BCUT2D eigenvalue weighted by Gasteiger charge is 2.63. The number of hydrogen-bond acceptors (Lipinski definition) is 2. The molecule has 2 unspecified atom stereocenters. The lowest BCUT2D eigenvalue weighted by atomic mass is 10.0. The molecule has 0 spiro atoms. The first-order valence-corrected chi connectivity index (χ1v) is 5.68. The van der Waals surface area contributed by atoms with Crippen LogP contribution in [0, 0.1) is 11.3 Å². The average molecular weight is 230 g/mol. The Balaban J connectivity index is 2.12. The molecule has 4 heteroatoms. The normalized spacial score (nSPS) is 26.0. The Labute approximate surface area is 98.6 Å². The molecule has 1 aliphatic rings. The number of para-hydroxylation sites is 1. The number of hydrogen-bond donors (Lipinski definition) is 2. The molecule has 2 N–H and O–H groups in total. The highest BCUT2D eigenvalue weighted by molar-refractivity contribution is 5.85. The molecule has 0 aliphatic heterocycles. The minimum Gasteiger partial charge on any atom is -0.481 e.